The van der Waals surface area contributed by atoms with E-state index in [0.29, 0.717) is 15.5 Å². The highest BCUT2D eigenvalue weighted by Gasteiger charge is 2.32. The molecular weight excluding hydrogens is 443 g/mol. The summed E-state index contributed by atoms with van der Waals surface area (Å²) in [5, 5.41) is 11.5. The maximum Gasteiger partial charge on any atom is 0.237 e. The SMILES string of the molecule is CC(Sc1nnc(C2CC2)n1-c1ccccc1)C(=O)Nc1ccc(Br)cc1F. The molecule has 1 N–H and O–H groups in total. The van der Waals surface area contributed by atoms with Crippen LogP contribution in [0.5, 0.6) is 0 Å². The van der Waals surface area contributed by atoms with Crippen LogP contribution in [0.4, 0.5) is 10.1 Å². The van der Waals surface area contributed by atoms with Crippen molar-refractivity contribution in [3.63, 3.8) is 0 Å². The molecular formula is C20H18BrFN4OS. The molecule has 0 radical (unpaired) electrons. The van der Waals surface area contributed by atoms with Crippen LogP contribution in [0.2, 0.25) is 0 Å². The number of carbonyl (C=O) groups is 1. The van der Waals surface area contributed by atoms with Crippen molar-refractivity contribution < 1.29 is 9.18 Å². The highest BCUT2D eigenvalue weighted by Crippen LogP contribution is 2.41. The molecule has 0 saturated heterocycles. The molecule has 28 heavy (non-hydrogen) atoms. The van der Waals surface area contributed by atoms with Crippen LogP contribution in [0.3, 0.4) is 0 Å². The van der Waals surface area contributed by atoms with Crippen molar-refractivity contribution in [1.29, 1.82) is 0 Å². The van der Waals surface area contributed by atoms with Crippen molar-refractivity contribution in [2.45, 2.75) is 36.1 Å². The minimum atomic E-state index is -0.483. The Labute approximate surface area is 174 Å². The Hall–Kier alpha value is -2.19. The van der Waals surface area contributed by atoms with Gasteiger partial charge >= 0.3 is 0 Å². The molecule has 1 atom stereocenters. The standard InChI is InChI=1S/C20H18BrFN4OS/c1-12(19(27)23-17-10-9-14(21)11-16(17)22)28-20-25-24-18(13-7-8-13)26(20)15-5-3-2-4-6-15/h2-6,9-13H,7-8H2,1H3,(H,23,27). The van der Waals surface area contributed by atoms with E-state index in [0.717, 1.165) is 24.4 Å². The second-order valence-electron chi connectivity index (χ2n) is 6.66. The fourth-order valence-electron chi connectivity index (χ4n) is 2.82. The summed E-state index contributed by atoms with van der Waals surface area (Å²) in [6.07, 6.45) is 2.21. The van der Waals surface area contributed by atoms with Gasteiger partial charge in [-0.3, -0.25) is 9.36 Å². The van der Waals surface area contributed by atoms with Gasteiger partial charge in [0.15, 0.2) is 5.16 Å². The number of benzene rings is 2. The fourth-order valence-corrected chi connectivity index (χ4v) is 4.03. The predicted octanol–water partition coefficient (Wildman–Crippen LogP) is 5.17. The van der Waals surface area contributed by atoms with Crippen molar-refractivity contribution in [3.8, 4) is 5.69 Å². The van der Waals surface area contributed by atoms with Gasteiger partial charge < -0.3 is 5.32 Å². The van der Waals surface area contributed by atoms with Crippen molar-refractivity contribution in [2.24, 2.45) is 0 Å². The molecule has 3 aromatic rings. The number of hydrogen-bond acceptors (Lipinski definition) is 4. The van der Waals surface area contributed by atoms with Gasteiger partial charge in [-0.2, -0.15) is 0 Å². The van der Waals surface area contributed by atoms with Gasteiger partial charge in [0.1, 0.15) is 11.6 Å². The molecule has 1 heterocycles. The first kappa shape index (κ1) is 19.1. The summed E-state index contributed by atoms with van der Waals surface area (Å²) < 4.78 is 16.6. The van der Waals surface area contributed by atoms with Crippen LogP contribution < -0.4 is 5.32 Å². The first-order valence-electron chi connectivity index (χ1n) is 8.96. The number of anilines is 1. The van der Waals surface area contributed by atoms with E-state index in [2.05, 4.69) is 31.4 Å². The van der Waals surface area contributed by atoms with Gasteiger partial charge in [-0.1, -0.05) is 45.9 Å². The molecule has 144 valence electrons. The van der Waals surface area contributed by atoms with E-state index < -0.39 is 11.1 Å². The molecule has 1 aromatic heterocycles. The zero-order valence-electron chi connectivity index (χ0n) is 15.1. The summed E-state index contributed by atoms with van der Waals surface area (Å²) >= 11 is 4.52. The van der Waals surface area contributed by atoms with Gasteiger partial charge in [0.25, 0.3) is 0 Å². The Bertz CT molecular complexity index is 1010. The van der Waals surface area contributed by atoms with Crippen LogP contribution in [0.1, 0.15) is 31.5 Å². The quantitative estimate of drug-likeness (QED) is 0.515. The molecule has 1 unspecified atom stereocenters. The van der Waals surface area contributed by atoms with Gasteiger partial charge in [-0.05, 0) is 50.1 Å². The number of carbonyl (C=O) groups excluding carboxylic acids is 1. The summed E-state index contributed by atoms with van der Waals surface area (Å²) in [6, 6.07) is 14.4. The van der Waals surface area contributed by atoms with Gasteiger partial charge in [0.05, 0.1) is 10.9 Å². The Morgan fingerprint density at radius 1 is 1.25 bits per heavy atom. The first-order chi connectivity index (χ1) is 13.5. The second kappa shape index (κ2) is 8.05. The normalized spacial score (nSPS) is 14.7. The summed E-state index contributed by atoms with van der Waals surface area (Å²) in [7, 11) is 0. The highest BCUT2D eigenvalue weighted by molar-refractivity contribution is 9.10. The number of amides is 1. The molecule has 4 rings (SSSR count). The van der Waals surface area contributed by atoms with E-state index in [1.165, 1.54) is 23.9 Å². The average molecular weight is 461 g/mol. The maximum atomic E-state index is 14.0. The van der Waals surface area contributed by atoms with E-state index in [1.807, 2.05) is 34.9 Å². The number of hydrogen-bond donors (Lipinski definition) is 1. The van der Waals surface area contributed by atoms with Gasteiger partial charge in [0, 0.05) is 16.1 Å². The monoisotopic (exact) mass is 460 g/mol. The van der Waals surface area contributed by atoms with Crippen LogP contribution >= 0.6 is 27.7 Å². The van der Waals surface area contributed by atoms with Crippen LogP contribution in [0, 0.1) is 5.82 Å². The predicted molar refractivity (Wildman–Crippen MR) is 111 cm³/mol. The maximum absolute atomic E-state index is 14.0. The summed E-state index contributed by atoms with van der Waals surface area (Å²) in [5.74, 6) is 0.577. The lowest BCUT2D eigenvalue weighted by atomic mass is 10.3. The number of nitrogens with one attached hydrogen (secondary N) is 1. The third-order valence-electron chi connectivity index (χ3n) is 4.46. The Balaban J connectivity index is 1.54. The lowest BCUT2D eigenvalue weighted by Crippen LogP contribution is -2.23. The number of nitrogens with zero attached hydrogens (tertiary/aromatic N) is 3. The van der Waals surface area contributed by atoms with E-state index in [9.17, 15) is 9.18 Å². The zero-order chi connectivity index (χ0) is 19.7. The number of halogens is 2. The molecule has 8 heteroatoms. The largest absolute Gasteiger partial charge is 0.323 e. The number of thioether (sulfide) groups is 1. The van der Waals surface area contributed by atoms with Crippen molar-refractivity contribution >= 4 is 39.3 Å². The van der Waals surface area contributed by atoms with E-state index >= 15 is 0 Å². The van der Waals surface area contributed by atoms with E-state index in [1.54, 1.807) is 13.0 Å². The number of para-hydroxylation sites is 1. The fraction of sp³-hybridized carbons (Fsp3) is 0.250. The topological polar surface area (TPSA) is 59.8 Å². The molecule has 2 aromatic carbocycles. The van der Waals surface area contributed by atoms with Crippen molar-refractivity contribution in [1.82, 2.24) is 14.8 Å². The summed E-state index contributed by atoms with van der Waals surface area (Å²) in [4.78, 5) is 12.6. The van der Waals surface area contributed by atoms with Crippen LogP contribution in [0.25, 0.3) is 5.69 Å². The van der Waals surface area contributed by atoms with Crippen molar-refractivity contribution in [3.05, 3.63) is 64.6 Å². The molecule has 1 aliphatic carbocycles. The lowest BCUT2D eigenvalue weighted by molar-refractivity contribution is -0.115. The van der Waals surface area contributed by atoms with Crippen LogP contribution in [-0.2, 0) is 4.79 Å². The Morgan fingerprint density at radius 2 is 2.00 bits per heavy atom. The second-order valence-corrected chi connectivity index (χ2v) is 8.88. The van der Waals surface area contributed by atoms with Gasteiger partial charge in [0.2, 0.25) is 5.91 Å². The molecule has 5 nitrogen and oxygen atoms in total. The Morgan fingerprint density at radius 3 is 2.68 bits per heavy atom. The molecule has 1 saturated carbocycles. The molecule has 0 spiro atoms. The summed E-state index contributed by atoms with van der Waals surface area (Å²) in [5.41, 5.74) is 1.13. The van der Waals surface area contributed by atoms with Crippen molar-refractivity contribution in [2.75, 3.05) is 5.32 Å². The first-order valence-corrected chi connectivity index (χ1v) is 10.6. The third kappa shape index (κ3) is 4.12. The minimum Gasteiger partial charge on any atom is -0.323 e. The van der Waals surface area contributed by atoms with Crippen LogP contribution in [-0.4, -0.2) is 25.9 Å². The zero-order valence-corrected chi connectivity index (χ0v) is 17.5. The molecule has 1 amide bonds. The molecule has 0 bridgehead atoms. The third-order valence-corrected chi connectivity index (χ3v) is 5.99. The number of aromatic nitrogens is 3. The van der Waals surface area contributed by atoms with Gasteiger partial charge in [-0.25, -0.2) is 4.39 Å². The summed E-state index contributed by atoms with van der Waals surface area (Å²) in [6.45, 7) is 1.78. The minimum absolute atomic E-state index is 0.156. The lowest BCUT2D eigenvalue weighted by Gasteiger charge is -2.14. The highest BCUT2D eigenvalue weighted by atomic mass is 79.9. The van der Waals surface area contributed by atoms with E-state index in [-0.39, 0.29) is 11.6 Å². The molecule has 1 aliphatic rings. The number of rotatable bonds is 6. The van der Waals surface area contributed by atoms with Crippen LogP contribution in [0.15, 0.2) is 58.2 Å². The average Bonchev–Trinajstić information content (AvgIpc) is 3.45. The Kier molecular flexibility index (Phi) is 5.50. The molecule has 0 aliphatic heterocycles. The molecule has 1 fully saturated rings. The van der Waals surface area contributed by atoms with Gasteiger partial charge in [-0.15, -0.1) is 10.2 Å². The van der Waals surface area contributed by atoms with E-state index in [4.69, 9.17) is 0 Å². The smallest absolute Gasteiger partial charge is 0.237 e.